The summed E-state index contributed by atoms with van der Waals surface area (Å²) in [5.41, 5.74) is 0. The normalized spacial score (nSPS) is 24.3. The summed E-state index contributed by atoms with van der Waals surface area (Å²) in [6, 6.07) is 0. The van der Waals surface area contributed by atoms with Crippen LogP contribution in [0.1, 0.15) is 23.9 Å². The highest BCUT2D eigenvalue weighted by Gasteiger charge is 2.21. The van der Waals surface area contributed by atoms with Crippen molar-refractivity contribution in [1.29, 1.82) is 0 Å². The van der Waals surface area contributed by atoms with Gasteiger partial charge >= 0.3 is 0 Å². The van der Waals surface area contributed by atoms with Gasteiger partial charge in [0.15, 0.2) is 5.82 Å². The molecule has 1 unspecified atom stereocenters. The Morgan fingerprint density at radius 1 is 1.55 bits per heavy atom. The first-order valence-electron chi connectivity index (χ1n) is 3.47. The standard InChI is InChI=1S/C6H7ClN2S2/c7-6-8-5(9-11-6)4-2-1-3-10-4/h4H,1-3H2. The zero-order valence-corrected chi connectivity index (χ0v) is 8.18. The van der Waals surface area contributed by atoms with Gasteiger partial charge in [-0.25, -0.2) is 4.98 Å². The van der Waals surface area contributed by atoms with Gasteiger partial charge in [-0.3, -0.25) is 0 Å². The van der Waals surface area contributed by atoms with Crippen molar-refractivity contribution >= 4 is 34.9 Å². The first-order valence-corrected chi connectivity index (χ1v) is 5.67. The maximum absolute atomic E-state index is 5.67. The SMILES string of the molecule is Clc1nc(C2CCCS2)ns1. The molecule has 1 saturated heterocycles. The van der Waals surface area contributed by atoms with E-state index in [0.717, 1.165) is 5.82 Å². The van der Waals surface area contributed by atoms with Crippen LogP contribution in [-0.4, -0.2) is 15.1 Å². The molecule has 1 aromatic rings. The lowest BCUT2D eigenvalue weighted by Crippen LogP contribution is -1.90. The van der Waals surface area contributed by atoms with Crippen LogP contribution in [0.5, 0.6) is 0 Å². The molecule has 0 saturated carbocycles. The lowest BCUT2D eigenvalue weighted by Gasteiger charge is -1.99. The summed E-state index contributed by atoms with van der Waals surface area (Å²) in [5, 5.41) is 0.513. The second-order valence-corrected chi connectivity index (χ2v) is 5.05. The third kappa shape index (κ3) is 1.68. The largest absolute Gasteiger partial charge is 0.207 e. The summed E-state index contributed by atoms with van der Waals surface area (Å²) in [4.78, 5) is 4.14. The summed E-state index contributed by atoms with van der Waals surface area (Å²) in [6.07, 6.45) is 2.49. The van der Waals surface area contributed by atoms with E-state index in [2.05, 4.69) is 9.36 Å². The van der Waals surface area contributed by atoms with Crippen LogP contribution in [0.4, 0.5) is 0 Å². The van der Waals surface area contributed by atoms with Gasteiger partial charge in [-0.1, -0.05) is 0 Å². The van der Waals surface area contributed by atoms with Gasteiger partial charge in [-0.15, -0.1) is 0 Å². The number of halogens is 1. The van der Waals surface area contributed by atoms with Gasteiger partial charge < -0.3 is 0 Å². The number of hydrogen-bond donors (Lipinski definition) is 0. The van der Waals surface area contributed by atoms with Crippen molar-refractivity contribution in [3.05, 3.63) is 10.3 Å². The molecule has 60 valence electrons. The number of aromatic nitrogens is 2. The molecule has 1 aromatic heterocycles. The molecule has 1 aliphatic heterocycles. The summed E-state index contributed by atoms with van der Waals surface area (Å²) >= 11 is 8.89. The Balaban J connectivity index is 2.15. The molecule has 2 rings (SSSR count). The van der Waals surface area contributed by atoms with Crippen LogP contribution in [-0.2, 0) is 0 Å². The fourth-order valence-corrected chi connectivity index (χ4v) is 3.06. The summed E-state index contributed by atoms with van der Waals surface area (Å²) in [7, 11) is 0. The van der Waals surface area contributed by atoms with Gasteiger partial charge in [0.05, 0.1) is 5.25 Å². The summed E-state index contributed by atoms with van der Waals surface area (Å²) in [6.45, 7) is 0. The summed E-state index contributed by atoms with van der Waals surface area (Å²) in [5.74, 6) is 2.17. The lowest BCUT2D eigenvalue weighted by molar-refractivity contribution is 0.793. The van der Waals surface area contributed by atoms with Gasteiger partial charge in [0.1, 0.15) is 0 Å². The third-order valence-corrected chi connectivity index (χ3v) is 3.82. The van der Waals surface area contributed by atoms with E-state index in [1.165, 1.54) is 30.1 Å². The average Bonchev–Trinajstić information content (AvgIpc) is 2.55. The van der Waals surface area contributed by atoms with Crippen LogP contribution >= 0.6 is 34.9 Å². The van der Waals surface area contributed by atoms with Crippen LogP contribution in [0, 0.1) is 0 Å². The minimum atomic E-state index is 0.513. The fraction of sp³-hybridized carbons (Fsp3) is 0.667. The van der Waals surface area contributed by atoms with Crippen molar-refractivity contribution in [2.24, 2.45) is 0 Å². The molecule has 0 N–H and O–H groups in total. The van der Waals surface area contributed by atoms with Crippen molar-refractivity contribution < 1.29 is 0 Å². The van der Waals surface area contributed by atoms with E-state index in [1.807, 2.05) is 11.8 Å². The quantitative estimate of drug-likeness (QED) is 0.707. The molecule has 5 heteroatoms. The van der Waals surface area contributed by atoms with E-state index in [4.69, 9.17) is 11.6 Å². The fourth-order valence-electron chi connectivity index (χ4n) is 1.13. The zero-order valence-electron chi connectivity index (χ0n) is 5.79. The van der Waals surface area contributed by atoms with Crippen LogP contribution in [0.2, 0.25) is 4.47 Å². The molecule has 11 heavy (non-hydrogen) atoms. The first-order chi connectivity index (χ1) is 5.36. The van der Waals surface area contributed by atoms with Crippen LogP contribution in [0.25, 0.3) is 0 Å². The number of rotatable bonds is 1. The Labute approximate surface area is 78.5 Å². The molecule has 1 aliphatic rings. The van der Waals surface area contributed by atoms with Gasteiger partial charge in [0.2, 0.25) is 4.47 Å². The number of hydrogen-bond acceptors (Lipinski definition) is 4. The predicted molar refractivity (Wildman–Crippen MR) is 49.4 cm³/mol. The Bertz CT molecular complexity index is 244. The highest BCUT2D eigenvalue weighted by Crippen LogP contribution is 2.38. The van der Waals surface area contributed by atoms with Crippen LogP contribution in [0.15, 0.2) is 0 Å². The molecule has 0 bridgehead atoms. The van der Waals surface area contributed by atoms with E-state index < -0.39 is 0 Å². The van der Waals surface area contributed by atoms with Gasteiger partial charge in [-0.2, -0.15) is 16.1 Å². The van der Waals surface area contributed by atoms with Crippen LogP contribution in [0.3, 0.4) is 0 Å². The molecular formula is C6H7ClN2S2. The second-order valence-electron chi connectivity index (χ2n) is 2.41. The smallest absolute Gasteiger partial charge is 0.203 e. The lowest BCUT2D eigenvalue weighted by atomic mass is 10.2. The molecule has 1 atom stereocenters. The Morgan fingerprint density at radius 3 is 3.00 bits per heavy atom. The zero-order chi connectivity index (χ0) is 7.68. The van der Waals surface area contributed by atoms with Crippen molar-refractivity contribution in [1.82, 2.24) is 9.36 Å². The highest BCUT2D eigenvalue weighted by molar-refractivity contribution is 7.99. The Hall–Kier alpha value is 0.200. The van der Waals surface area contributed by atoms with Gasteiger partial charge in [0.25, 0.3) is 0 Å². The van der Waals surface area contributed by atoms with E-state index in [1.54, 1.807) is 0 Å². The molecular weight excluding hydrogens is 200 g/mol. The molecule has 0 radical (unpaired) electrons. The molecule has 2 nitrogen and oxygen atoms in total. The van der Waals surface area contributed by atoms with E-state index in [0.29, 0.717) is 9.72 Å². The Kier molecular flexibility index (Phi) is 2.34. The van der Waals surface area contributed by atoms with Crippen molar-refractivity contribution in [2.75, 3.05) is 5.75 Å². The topological polar surface area (TPSA) is 25.8 Å². The average molecular weight is 207 g/mol. The monoisotopic (exact) mass is 206 g/mol. The van der Waals surface area contributed by atoms with Gasteiger partial charge in [0, 0.05) is 0 Å². The Morgan fingerprint density at radius 2 is 2.45 bits per heavy atom. The number of nitrogens with zero attached hydrogens (tertiary/aromatic N) is 2. The van der Waals surface area contributed by atoms with E-state index in [9.17, 15) is 0 Å². The molecule has 0 aromatic carbocycles. The van der Waals surface area contributed by atoms with Crippen molar-refractivity contribution in [2.45, 2.75) is 18.1 Å². The van der Waals surface area contributed by atoms with Crippen molar-refractivity contribution in [3.8, 4) is 0 Å². The molecule has 0 spiro atoms. The van der Waals surface area contributed by atoms with Gasteiger partial charge in [-0.05, 0) is 41.7 Å². The predicted octanol–water partition coefficient (Wildman–Crippen LogP) is 2.76. The molecule has 1 fully saturated rings. The highest BCUT2D eigenvalue weighted by atomic mass is 35.5. The second kappa shape index (κ2) is 3.29. The molecule has 2 heterocycles. The van der Waals surface area contributed by atoms with Crippen molar-refractivity contribution in [3.63, 3.8) is 0 Å². The number of thioether (sulfide) groups is 1. The minimum absolute atomic E-state index is 0.513. The molecule has 0 amide bonds. The van der Waals surface area contributed by atoms with E-state index in [-0.39, 0.29) is 0 Å². The minimum Gasteiger partial charge on any atom is -0.207 e. The van der Waals surface area contributed by atoms with Crippen LogP contribution < -0.4 is 0 Å². The summed E-state index contributed by atoms with van der Waals surface area (Å²) < 4.78 is 4.74. The molecule has 0 aliphatic carbocycles. The maximum atomic E-state index is 5.67. The third-order valence-electron chi connectivity index (χ3n) is 1.63. The maximum Gasteiger partial charge on any atom is 0.203 e. The van der Waals surface area contributed by atoms with E-state index >= 15 is 0 Å². The first kappa shape index (κ1) is 7.83.